The lowest BCUT2D eigenvalue weighted by Gasteiger charge is -2.15. The number of benzene rings is 1. The molecule has 4 nitrogen and oxygen atoms in total. The molecule has 0 saturated heterocycles. The molecule has 0 aliphatic heterocycles. The number of amides is 1. The third-order valence-corrected chi connectivity index (χ3v) is 3.12. The molecule has 0 aliphatic carbocycles. The number of nitrogens with two attached hydrogens (primary N) is 1. The summed E-state index contributed by atoms with van der Waals surface area (Å²) in [5.74, 6) is -0.162. The molecule has 19 heavy (non-hydrogen) atoms. The van der Waals surface area contributed by atoms with Crippen molar-refractivity contribution in [3.05, 3.63) is 59.4 Å². The van der Waals surface area contributed by atoms with Gasteiger partial charge in [0, 0.05) is 18.1 Å². The van der Waals surface area contributed by atoms with Crippen molar-refractivity contribution in [2.75, 3.05) is 5.73 Å². The van der Waals surface area contributed by atoms with Gasteiger partial charge in [-0.3, -0.25) is 9.78 Å². The lowest BCUT2D eigenvalue weighted by molar-refractivity contribution is 0.0940. The molecule has 0 radical (unpaired) electrons. The van der Waals surface area contributed by atoms with Crippen LogP contribution in [-0.4, -0.2) is 10.9 Å². The first-order valence-corrected chi connectivity index (χ1v) is 6.15. The molecular weight excluding hydrogens is 238 g/mol. The fourth-order valence-corrected chi connectivity index (χ4v) is 1.89. The first kappa shape index (κ1) is 13.1. The van der Waals surface area contributed by atoms with Gasteiger partial charge in [-0.2, -0.15) is 0 Å². The fourth-order valence-electron chi connectivity index (χ4n) is 1.89. The van der Waals surface area contributed by atoms with Crippen molar-refractivity contribution in [1.82, 2.24) is 10.3 Å². The maximum atomic E-state index is 12.2. The van der Waals surface area contributed by atoms with Crippen LogP contribution in [0, 0.1) is 6.92 Å². The third-order valence-electron chi connectivity index (χ3n) is 3.12. The van der Waals surface area contributed by atoms with Crippen molar-refractivity contribution in [1.29, 1.82) is 0 Å². The lowest BCUT2D eigenvalue weighted by atomic mass is 10.1. The maximum absolute atomic E-state index is 12.2. The molecule has 2 rings (SSSR count). The average Bonchev–Trinajstić information content (AvgIpc) is 2.42. The molecule has 1 aromatic heterocycles. The summed E-state index contributed by atoms with van der Waals surface area (Å²) in [4.78, 5) is 16.2. The zero-order valence-corrected chi connectivity index (χ0v) is 11.1. The van der Waals surface area contributed by atoms with E-state index in [9.17, 15) is 4.79 Å². The zero-order valence-electron chi connectivity index (χ0n) is 11.1. The third kappa shape index (κ3) is 2.91. The number of nitrogen functional groups attached to an aromatic ring is 1. The monoisotopic (exact) mass is 255 g/mol. The van der Waals surface area contributed by atoms with Gasteiger partial charge in [-0.05, 0) is 43.2 Å². The van der Waals surface area contributed by atoms with Crippen molar-refractivity contribution in [3.63, 3.8) is 0 Å². The molecule has 1 aromatic carbocycles. The Morgan fingerprint density at radius 3 is 2.63 bits per heavy atom. The fraction of sp³-hybridized carbons (Fsp3) is 0.200. The highest BCUT2D eigenvalue weighted by Crippen LogP contribution is 2.18. The number of nitrogens with zero attached hydrogens (tertiary/aromatic N) is 1. The van der Waals surface area contributed by atoms with E-state index in [0.29, 0.717) is 11.3 Å². The van der Waals surface area contributed by atoms with Gasteiger partial charge in [-0.25, -0.2) is 0 Å². The molecule has 1 unspecified atom stereocenters. The van der Waals surface area contributed by atoms with E-state index in [2.05, 4.69) is 10.3 Å². The molecule has 1 atom stereocenters. The van der Waals surface area contributed by atoms with Crippen LogP contribution in [0.2, 0.25) is 0 Å². The number of nitrogens with one attached hydrogen (secondary N) is 1. The molecule has 0 saturated carbocycles. The van der Waals surface area contributed by atoms with Gasteiger partial charge in [0.15, 0.2) is 0 Å². The molecule has 98 valence electrons. The van der Waals surface area contributed by atoms with Crippen molar-refractivity contribution in [2.24, 2.45) is 0 Å². The highest BCUT2D eigenvalue weighted by atomic mass is 16.1. The summed E-state index contributed by atoms with van der Waals surface area (Å²) in [6.45, 7) is 3.82. The molecule has 3 N–H and O–H groups in total. The van der Waals surface area contributed by atoms with Crippen LogP contribution >= 0.6 is 0 Å². The van der Waals surface area contributed by atoms with E-state index in [0.717, 1.165) is 11.1 Å². The van der Waals surface area contributed by atoms with Gasteiger partial charge in [0.2, 0.25) is 0 Å². The average molecular weight is 255 g/mol. The molecule has 2 aromatic rings. The highest BCUT2D eigenvalue weighted by Gasteiger charge is 2.14. The Morgan fingerprint density at radius 1 is 1.26 bits per heavy atom. The summed E-state index contributed by atoms with van der Waals surface area (Å²) in [5, 5.41) is 2.93. The first-order valence-electron chi connectivity index (χ1n) is 6.15. The van der Waals surface area contributed by atoms with Crippen LogP contribution in [-0.2, 0) is 0 Å². The van der Waals surface area contributed by atoms with E-state index >= 15 is 0 Å². The number of aromatic nitrogens is 1. The van der Waals surface area contributed by atoms with Gasteiger partial charge in [0.1, 0.15) is 0 Å². The van der Waals surface area contributed by atoms with E-state index in [1.165, 1.54) is 0 Å². The minimum absolute atomic E-state index is 0.0876. The van der Waals surface area contributed by atoms with Crippen LogP contribution in [0.3, 0.4) is 0 Å². The van der Waals surface area contributed by atoms with Gasteiger partial charge in [0.05, 0.1) is 11.6 Å². The summed E-state index contributed by atoms with van der Waals surface area (Å²) in [6.07, 6.45) is 3.41. The Hall–Kier alpha value is -2.36. The number of hydrogen-bond donors (Lipinski definition) is 2. The zero-order chi connectivity index (χ0) is 13.8. The summed E-state index contributed by atoms with van der Waals surface area (Å²) in [6, 6.07) is 9.12. The Balaban J connectivity index is 2.16. The molecule has 0 aliphatic rings. The van der Waals surface area contributed by atoms with Crippen LogP contribution < -0.4 is 11.1 Å². The van der Waals surface area contributed by atoms with Crippen LogP contribution in [0.4, 0.5) is 5.69 Å². The summed E-state index contributed by atoms with van der Waals surface area (Å²) >= 11 is 0. The first-order chi connectivity index (χ1) is 9.09. The molecule has 0 fully saturated rings. The smallest absolute Gasteiger partial charge is 0.253 e. The van der Waals surface area contributed by atoms with Gasteiger partial charge in [0.25, 0.3) is 5.91 Å². The highest BCUT2D eigenvalue weighted by molar-refractivity contribution is 5.99. The van der Waals surface area contributed by atoms with Gasteiger partial charge < -0.3 is 11.1 Å². The number of aryl methyl sites for hydroxylation is 1. The second kappa shape index (κ2) is 5.52. The van der Waals surface area contributed by atoms with Crippen molar-refractivity contribution in [2.45, 2.75) is 19.9 Å². The number of carbonyl (C=O) groups is 1. The Labute approximate surface area is 112 Å². The topological polar surface area (TPSA) is 68.0 Å². The van der Waals surface area contributed by atoms with Crippen molar-refractivity contribution < 1.29 is 4.79 Å². The largest absolute Gasteiger partial charge is 0.398 e. The van der Waals surface area contributed by atoms with Crippen LogP contribution in [0.1, 0.15) is 34.5 Å². The number of rotatable bonds is 3. The van der Waals surface area contributed by atoms with E-state index in [1.54, 1.807) is 18.5 Å². The van der Waals surface area contributed by atoms with Gasteiger partial charge in [-0.15, -0.1) is 0 Å². The SMILES string of the molecule is Cc1cccc(C(=O)NC(C)c2ccncc2)c1N. The normalized spacial score (nSPS) is 11.9. The number of hydrogen-bond acceptors (Lipinski definition) is 3. The molecule has 0 bridgehead atoms. The molecule has 1 amide bonds. The Bertz CT molecular complexity index is 581. The molecular formula is C15H17N3O. The quantitative estimate of drug-likeness (QED) is 0.828. The standard InChI is InChI=1S/C15H17N3O/c1-10-4-3-5-13(14(10)16)15(19)18-11(2)12-6-8-17-9-7-12/h3-9,11H,16H2,1-2H3,(H,18,19). The van der Waals surface area contributed by atoms with Crippen molar-refractivity contribution >= 4 is 11.6 Å². The van der Waals surface area contributed by atoms with E-state index in [1.807, 2.05) is 38.1 Å². The molecule has 1 heterocycles. The van der Waals surface area contributed by atoms with E-state index in [4.69, 9.17) is 5.73 Å². The Morgan fingerprint density at radius 2 is 1.95 bits per heavy atom. The Kier molecular flexibility index (Phi) is 3.80. The molecule has 0 spiro atoms. The predicted octanol–water partition coefficient (Wildman–Crippen LogP) is 2.46. The van der Waals surface area contributed by atoms with E-state index in [-0.39, 0.29) is 11.9 Å². The minimum Gasteiger partial charge on any atom is -0.398 e. The maximum Gasteiger partial charge on any atom is 0.253 e. The van der Waals surface area contributed by atoms with Crippen LogP contribution in [0.5, 0.6) is 0 Å². The number of pyridine rings is 1. The van der Waals surface area contributed by atoms with Crippen LogP contribution in [0.25, 0.3) is 0 Å². The second-order valence-electron chi connectivity index (χ2n) is 4.51. The van der Waals surface area contributed by atoms with Crippen molar-refractivity contribution in [3.8, 4) is 0 Å². The van der Waals surface area contributed by atoms with Gasteiger partial charge in [-0.1, -0.05) is 12.1 Å². The number of para-hydroxylation sites is 1. The minimum atomic E-state index is -0.162. The number of carbonyl (C=O) groups excluding carboxylic acids is 1. The summed E-state index contributed by atoms with van der Waals surface area (Å²) < 4.78 is 0. The summed E-state index contributed by atoms with van der Waals surface area (Å²) in [5.41, 5.74) is 8.89. The van der Waals surface area contributed by atoms with Gasteiger partial charge >= 0.3 is 0 Å². The van der Waals surface area contributed by atoms with Crippen LogP contribution in [0.15, 0.2) is 42.7 Å². The summed E-state index contributed by atoms with van der Waals surface area (Å²) in [7, 11) is 0. The molecule has 4 heteroatoms. The predicted molar refractivity (Wildman–Crippen MR) is 75.7 cm³/mol. The lowest BCUT2D eigenvalue weighted by Crippen LogP contribution is -2.27. The number of anilines is 1. The van der Waals surface area contributed by atoms with E-state index < -0.39 is 0 Å². The second-order valence-corrected chi connectivity index (χ2v) is 4.51.